The second-order valence-electron chi connectivity index (χ2n) is 10.0. The van der Waals surface area contributed by atoms with Crippen LogP contribution in [0.1, 0.15) is 55.1 Å². The molecule has 12 heteroatoms. The number of ketones is 1. The first-order valence-electron chi connectivity index (χ1n) is 12.7. The first-order chi connectivity index (χ1) is 18.1. The maximum Gasteiger partial charge on any atom is 0.451 e. The number of hydrogen-bond donors (Lipinski definition) is 0. The molecule has 2 aliphatic rings. The summed E-state index contributed by atoms with van der Waals surface area (Å²) < 4.78 is 40.5. The van der Waals surface area contributed by atoms with Crippen molar-refractivity contribution in [1.82, 2.24) is 24.6 Å². The third-order valence-electron chi connectivity index (χ3n) is 7.45. The summed E-state index contributed by atoms with van der Waals surface area (Å²) >= 11 is 6.60. The van der Waals surface area contributed by atoms with Crippen LogP contribution in [0.3, 0.4) is 0 Å². The van der Waals surface area contributed by atoms with Gasteiger partial charge in [0.1, 0.15) is 0 Å². The standard InChI is InChI=1S/C26H28ClF3N6O2/c1-3-4-21(37)16-5-6-18-20(11-16)31-12-19(27)23(18)34-8-7-17(15(2)13-34)24(38)35-9-10-36-22(14-35)32-33-25(36)26(28,29)30/h5-6,11-12,15,17H,3-4,7-10,13-14H2,1-2H3/t15-,17+/m1/s1. The smallest absolute Gasteiger partial charge is 0.369 e. The first kappa shape index (κ1) is 26.4. The van der Waals surface area contributed by atoms with E-state index in [-0.39, 0.29) is 49.0 Å². The number of rotatable bonds is 5. The fourth-order valence-corrected chi connectivity index (χ4v) is 5.80. The molecule has 202 valence electrons. The van der Waals surface area contributed by atoms with Gasteiger partial charge >= 0.3 is 6.18 Å². The van der Waals surface area contributed by atoms with E-state index in [0.717, 1.165) is 22.1 Å². The third kappa shape index (κ3) is 4.83. The van der Waals surface area contributed by atoms with Gasteiger partial charge in [-0.3, -0.25) is 14.6 Å². The first-order valence-corrected chi connectivity index (χ1v) is 13.1. The predicted octanol–water partition coefficient (Wildman–Crippen LogP) is 4.99. The van der Waals surface area contributed by atoms with Crippen molar-refractivity contribution in [2.45, 2.75) is 52.4 Å². The average Bonchev–Trinajstić information content (AvgIpc) is 3.32. The zero-order valence-corrected chi connectivity index (χ0v) is 21.9. The Balaban J connectivity index is 1.31. The average molecular weight is 549 g/mol. The molecule has 0 spiro atoms. The normalized spacial score (nSPS) is 20.1. The Morgan fingerprint density at radius 1 is 1.16 bits per heavy atom. The molecule has 5 rings (SSSR count). The number of alkyl halides is 3. The molecule has 3 aromatic rings. The Hall–Kier alpha value is -3.21. The molecule has 1 saturated heterocycles. The summed E-state index contributed by atoms with van der Waals surface area (Å²) in [6.45, 7) is 5.33. The molecule has 2 aromatic heterocycles. The van der Waals surface area contributed by atoms with E-state index in [1.54, 1.807) is 23.2 Å². The van der Waals surface area contributed by atoms with E-state index in [4.69, 9.17) is 11.6 Å². The zero-order valence-electron chi connectivity index (χ0n) is 21.1. The fraction of sp³-hybridized carbons (Fsp3) is 0.500. The van der Waals surface area contributed by atoms with Crippen molar-refractivity contribution >= 4 is 39.9 Å². The molecular weight excluding hydrogens is 521 g/mol. The molecule has 0 N–H and O–H groups in total. The molecule has 8 nitrogen and oxygen atoms in total. The van der Waals surface area contributed by atoms with Gasteiger partial charge in [-0.25, -0.2) is 0 Å². The van der Waals surface area contributed by atoms with Crippen molar-refractivity contribution in [2.24, 2.45) is 11.8 Å². The van der Waals surface area contributed by atoms with Crippen molar-refractivity contribution in [3.8, 4) is 0 Å². The van der Waals surface area contributed by atoms with Gasteiger partial charge in [-0.2, -0.15) is 13.2 Å². The van der Waals surface area contributed by atoms with Crippen molar-refractivity contribution in [3.05, 3.63) is 46.6 Å². The van der Waals surface area contributed by atoms with Crippen molar-refractivity contribution in [3.63, 3.8) is 0 Å². The Kier molecular flexibility index (Phi) is 7.06. The van der Waals surface area contributed by atoms with Gasteiger partial charge in [0.2, 0.25) is 11.7 Å². The van der Waals surface area contributed by atoms with Gasteiger partial charge < -0.3 is 14.4 Å². The van der Waals surface area contributed by atoms with Crippen LogP contribution in [0.5, 0.6) is 0 Å². The van der Waals surface area contributed by atoms with Gasteiger partial charge in [-0.1, -0.05) is 31.5 Å². The lowest BCUT2D eigenvalue weighted by molar-refractivity contribution is -0.148. The largest absolute Gasteiger partial charge is 0.451 e. The highest BCUT2D eigenvalue weighted by Gasteiger charge is 2.41. The van der Waals surface area contributed by atoms with Crippen LogP contribution in [0.15, 0.2) is 24.4 Å². The number of nitrogens with zero attached hydrogens (tertiary/aromatic N) is 6. The van der Waals surface area contributed by atoms with Gasteiger partial charge in [0.15, 0.2) is 11.6 Å². The highest BCUT2D eigenvalue weighted by atomic mass is 35.5. The SMILES string of the molecule is CCCC(=O)c1ccc2c(N3CC[C@H](C(=O)N4CCn5c(nnc5C(F)(F)F)C4)[C@H](C)C3)c(Cl)cnc2c1. The van der Waals surface area contributed by atoms with Crippen LogP contribution in [0, 0.1) is 11.8 Å². The topological polar surface area (TPSA) is 84.2 Å². The molecule has 0 saturated carbocycles. The lowest BCUT2D eigenvalue weighted by Gasteiger charge is -2.40. The number of amides is 1. The summed E-state index contributed by atoms with van der Waals surface area (Å²) in [4.78, 5) is 34.0. The maximum absolute atomic E-state index is 13.4. The molecule has 0 radical (unpaired) electrons. The van der Waals surface area contributed by atoms with Crippen LogP contribution >= 0.6 is 11.6 Å². The second kappa shape index (κ2) is 10.2. The van der Waals surface area contributed by atoms with Gasteiger partial charge in [0, 0.05) is 55.7 Å². The van der Waals surface area contributed by atoms with Crippen LogP contribution < -0.4 is 4.90 Å². The maximum atomic E-state index is 13.4. The lowest BCUT2D eigenvalue weighted by Crippen LogP contribution is -2.49. The molecule has 1 aromatic carbocycles. The van der Waals surface area contributed by atoms with Crippen LogP contribution in [0.25, 0.3) is 10.9 Å². The number of halogens is 4. The number of hydrogen-bond acceptors (Lipinski definition) is 6. The second-order valence-corrected chi connectivity index (χ2v) is 10.4. The quantitative estimate of drug-likeness (QED) is 0.418. The minimum absolute atomic E-state index is 0.00868. The van der Waals surface area contributed by atoms with E-state index in [1.807, 2.05) is 19.9 Å². The number of aromatic nitrogens is 4. The van der Waals surface area contributed by atoms with Crippen molar-refractivity contribution in [2.75, 3.05) is 24.5 Å². The van der Waals surface area contributed by atoms with E-state index in [1.165, 1.54) is 0 Å². The van der Waals surface area contributed by atoms with Crippen LogP contribution in [0.2, 0.25) is 5.02 Å². The molecule has 1 amide bonds. The molecule has 0 aliphatic carbocycles. The molecule has 1 fully saturated rings. The molecule has 0 unspecified atom stereocenters. The summed E-state index contributed by atoms with van der Waals surface area (Å²) in [5, 5.41) is 8.33. The van der Waals surface area contributed by atoms with Crippen molar-refractivity contribution < 1.29 is 22.8 Å². The van der Waals surface area contributed by atoms with Crippen LogP contribution in [0.4, 0.5) is 18.9 Å². The number of piperidine rings is 1. The van der Waals surface area contributed by atoms with E-state index in [0.29, 0.717) is 42.0 Å². The third-order valence-corrected chi connectivity index (χ3v) is 7.73. The summed E-state index contributed by atoms with van der Waals surface area (Å²) in [6.07, 6.45) is -1.17. The molecular formula is C26H28ClF3N6O2. The van der Waals surface area contributed by atoms with Gasteiger partial charge in [0.25, 0.3) is 0 Å². The summed E-state index contributed by atoms with van der Waals surface area (Å²) in [6, 6.07) is 5.49. The highest BCUT2D eigenvalue weighted by molar-refractivity contribution is 6.34. The van der Waals surface area contributed by atoms with E-state index in [2.05, 4.69) is 20.1 Å². The molecule has 2 aliphatic heterocycles. The monoisotopic (exact) mass is 548 g/mol. The van der Waals surface area contributed by atoms with Crippen LogP contribution in [-0.4, -0.2) is 56.0 Å². The van der Waals surface area contributed by atoms with E-state index >= 15 is 0 Å². The Morgan fingerprint density at radius 2 is 1.95 bits per heavy atom. The van der Waals surface area contributed by atoms with Gasteiger partial charge in [0.05, 0.1) is 22.8 Å². The minimum atomic E-state index is -4.58. The van der Waals surface area contributed by atoms with Crippen molar-refractivity contribution in [1.29, 1.82) is 0 Å². The number of pyridine rings is 1. The number of benzene rings is 1. The number of carbonyl (C=O) groups is 2. The Bertz CT molecular complexity index is 1390. The summed E-state index contributed by atoms with van der Waals surface area (Å²) in [5.41, 5.74) is 2.14. The number of fused-ring (bicyclic) bond motifs is 2. The van der Waals surface area contributed by atoms with E-state index in [9.17, 15) is 22.8 Å². The molecule has 2 atom stereocenters. The molecule has 38 heavy (non-hydrogen) atoms. The fourth-order valence-electron chi connectivity index (χ4n) is 5.53. The zero-order chi connectivity index (χ0) is 27.2. The summed E-state index contributed by atoms with van der Waals surface area (Å²) in [7, 11) is 0. The number of Topliss-reactive ketones (excluding diaryl/α,β-unsaturated/α-hetero) is 1. The number of carbonyl (C=O) groups excluding carboxylic acids is 2. The highest BCUT2D eigenvalue weighted by Crippen LogP contribution is 2.38. The summed E-state index contributed by atoms with van der Waals surface area (Å²) in [5.74, 6) is -1.17. The predicted molar refractivity (Wildman–Crippen MR) is 136 cm³/mol. The van der Waals surface area contributed by atoms with Gasteiger partial charge in [-0.15, -0.1) is 10.2 Å². The Labute approximate surface area is 222 Å². The minimum Gasteiger partial charge on any atom is -0.369 e. The molecule has 0 bridgehead atoms. The molecule has 4 heterocycles. The lowest BCUT2D eigenvalue weighted by atomic mass is 9.85. The number of anilines is 1. The van der Waals surface area contributed by atoms with Crippen LogP contribution in [-0.2, 0) is 24.1 Å². The van der Waals surface area contributed by atoms with Gasteiger partial charge in [-0.05, 0) is 30.9 Å². The Morgan fingerprint density at radius 3 is 2.66 bits per heavy atom. The van der Waals surface area contributed by atoms with E-state index < -0.39 is 12.0 Å².